The summed E-state index contributed by atoms with van der Waals surface area (Å²) in [5.74, 6) is -0.522. The summed E-state index contributed by atoms with van der Waals surface area (Å²) in [4.78, 5) is 49.7. The number of ether oxygens (including phenoxy) is 1. The Morgan fingerprint density at radius 1 is 1.10 bits per heavy atom. The van der Waals surface area contributed by atoms with Gasteiger partial charge in [0.05, 0.1) is 4.83 Å². The molecule has 6 nitrogen and oxygen atoms in total. The van der Waals surface area contributed by atoms with Crippen molar-refractivity contribution in [2.45, 2.75) is 76.1 Å². The number of hydrogen-bond donors (Lipinski definition) is 1. The summed E-state index contributed by atoms with van der Waals surface area (Å²) < 4.78 is 4.88. The average Bonchev–Trinajstić information content (AvgIpc) is 2.94. The summed E-state index contributed by atoms with van der Waals surface area (Å²) in [6, 6.07) is 0. The van der Waals surface area contributed by atoms with Gasteiger partial charge in [-0.25, -0.2) is 0 Å². The minimum Gasteiger partial charge on any atom is -0.458 e. The van der Waals surface area contributed by atoms with E-state index in [2.05, 4.69) is 22.9 Å². The Labute approximate surface area is 185 Å². The molecule has 4 fully saturated rings. The highest BCUT2D eigenvalue weighted by molar-refractivity contribution is 9.10. The number of alkyl halides is 1. The number of ketones is 3. The lowest BCUT2D eigenvalue weighted by Crippen LogP contribution is -2.63. The fourth-order valence-corrected chi connectivity index (χ4v) is 8.76. The first-order valence-electron chi connectivity index (χ1n) is 11.0. The Balaban J connectivity index is 1.65. The Morgan fingerprint density at radius 3 is 2.47 bits per heavy atom. The highest BCUT2D eigenvalue weighted by Gasteiger charge is 2.69. The van der Waals surface area contributed by atoms with Crippen LogP contribution in [0.15, 0.2) is 0 Å². The van der Waals surface area contributed by atoms with Crippen LogP contribution in [-0.2, 0) is 23.9 Å². The standard InChI is InChI=1S/C23H31BrO6/c1-12(25)30-11-18(28)23(29)9-6-14-13-4-5-15-20(24)16(26)7-8-21(15,2)19(13)17(27)10-22(14,23)3/h13-15,19-20,29H,4-11H2,1-3H3/t13?,14?,15-,19?,20?,21?,22?,23?/m0/s1. The average molecular weight is 483 g/mol. The van der Waals surface area contributed by atoms with Crippen LogP contribution in [0.1, 0.15) is 65.7 Å². The smallest absolute Gasteiger partial charge is 0.303 e. The SMILES string of the molecule is CC(=O)OCC(=O)C1(O)CCC2C3CC[C@H]4C(Br)C(=O)CCC4(C)C3C(=O)CC21C. The van der Waals surface area contributed by atoms with Crippen molar-refractivity contribution in [1.29, 1.82) is 0 Å². The van der Waals surface area contributed by atoms with Gasteiger partial charge >= 0.3 is 5.97 Å². The van der Waals surface area contributed by atoms with Crippen LogP contribution in [0.5, 0.6) is 0 Å². The number of halogens is 1. The monoisotopic (exact) mass is 482 g/mol. The second kappa shape index (κ2) is 7.22. The van der Waals surface area contributed by atoms with E-state index in [4.69, 9.17) is 4.74 Å². The van der Waals surface area contributed by atoms with E-state index in [0.717, 1.165) is 19.3 Å². The summed E-state index contributed by atoms with van der Waals surface area (Å²) in [6.07, 6.45) is 4.07. The second-order valence-corrected chi connectivity index (χ2v) is 11.5. The molecule has 0 heterocycles. The third kappa shape index (κ3) is 2.90. The van der Waals surface area contributed by atoms with E-state index in [-0.39, 0.29) is 51.9 Å². The molecule has 0 bridgehead atoms. The zero-order valence-corrected chi connectivity index (χ0v) is 19.5. The molecule has 0 aromatic heterocycles. The van der Waals surface area contributed by atoms with E-state index < -0.39 is 29.4 Å². The van der Waals surface area contributed by atoms with Crippen molar-refractivity contribution < 1.29 is 29.0 Å². The first kappa shape index (κ1) is 22.1. The molecule has 7 unspecified atom stereocenters. The van der Waals surface area contributed by atoms with Gasteiger partial charge in [-0.1, -0.05) is 29.8 Å². The minimum atomic E-state index is -1.65. The second-order valence-electron chi connectivity index (χ2n) is 10.5. The molecule has 0 spiro atoms. The maximum Gasteiger partial charge on any atom is 0.303 e. The van der Waals surface area contributed by atoms with Crippen LogP contribution in [0.25, 0.3) is 0 Å². The highest BCUT2D eigenvalue weighted by Crippen LogP contribution is 2.67. The highest BCUT2D eigenvalue weighted by atomic mass is 79.9. The zero-order chi connectivity index (χ0) is 22.1. The van der Waals surface area contributed by atoms with Crippen molar-refractivity contribution in [3.05, 3.63) is 0 Å². The summed E-state index contributed by atoms with van der Waals surface area (Å²) in [5, 5.41) is 11.5. The van der Waals surface area contributed by atoms with Crippen LogP contribution in [-0.4, -0.2) is 45.5 Å². The molecule has 0 aromatic rings. The first-order chi connectivity index (χ1) is 14.0. The molecule has 166 valence electrons. The number of rotatable bonds is 3. The quantitative estimate of drug-likeness (QED) is 0.490. The van der Waals surface area contributed by atoms with Crippen LogP contribution in [0.3, 0.4) is 0 Å². The fourth-order valence-electron chi connectivity index (χ4n) is 7.66. The van der Waals surface area contributed by atoms with Gasteiger partial charge in [-0.05, 0) is 55.3 Å². The van der Waals surface area contributed by atoms with Gasteiger partial charge in [-0.3, -0.25) is 19.2 Å². The Kier molecular flexibility index (Phi) is 5.33. The summed E-state index contributed by atoms with van der Waals surface area (Å²) >= 11 is 3.61. The lowest BCUT2D eigenvalue weighted by atomic mass is 9.44. The minimum absolute atomic E-state index is 0.0654. The van der Waals surface area contributed by atoms with Crippen molar-refractivity contribution in [1.82, 2.24) is 0 Å². The summed E-state index contributed by atoms with van der Waals surface area (Å²) in [6.45, 7) is 4.82. The fraction of sp³-hybridized carbons (Fsp3) is 0.826. The van der Waals surface area contributed by atoms with Gasteiger partial charge in [0.15, 0.2) is 6.61 Å². The molecule has 0 amide bonds. The maximum absolute atomic E-state index is 13.6. The maximum atomic E-state index is 13.6. The van der Waals surface area contributed by atoms with Gasteiger partial charge in [-0.15, -0.1) is 0 Å². The van der Waals surface area contributed by atoms with Gasteiger partial charge in [0, 0.05) is 31.1 Å². The van der Waals surface area contributed by atoms with E-state index in [1.54, 1.807) is 0 Å². The predicted octanol–water partition coefficient (Wildman–Crippen LogP) is 3.01. The van der Waals surface area contributed by atoms with Crippen LogP contribution < -0.4 is 0 Å². The predicted molar refractivity (Wildman–Crippen MR) is 112 cm³/mol. The number of carbonyl (C=O) groups excluding carboxylic acids is 4. The third-order valence-electron chi connectivity index (χ3n) is 9.22. The molecule has 8 atom stereocenters. The molecule has 0 radical (unpaired) electrons. The largest absolute Gasteiger partial charge is 0.458 e. The van der Waals surface area contributed by atoms with Crippen LogP contribution in [0.4, 0.5) is 0 Å². The van der Waals surface area contributed by atoms with E-state index >= 15 is 0 Å². The number of esters is 1. The molecule has 0 aromatic carbocycles. The number of Topliss-reactive ketones (excluding diaryl/α,β-unsaturated/α-hetero) is 3. The normalized spacial score (nSPS) is 47.8. The van der Waals surface area contributed by atoms with E-state index in [0.29, 0.717) is 19.3 Å². The molecular weight excluding hydrogens is 452 g/mol. The third-order valence-corrected chi connectivity index (χ3v) is 10.4. The summed E-state index contributed by atoms with van der Waals surface area (Å²) in [7, 11) is 0. The molecule has 4 rings (SSSR count). The van der Waals surface area contributed by atoms with Crippen LogP contribution in [0.2, 0.25) is 0 Å². The van der Waals surface area contributed by atoms with Crippen molar-refractivity contribution >= 4 is 39.2 Å². The van der Waals surface area contributed by atoms with E-state index in [1.165, 1.54) is 6.92 Å². The molecule has 4 aliphatic rings. The van der Waals surface area contributed by atoms with E-state index in [1.807, 2.05) is 6.92 Å². The van der Waals surface area contributed by atoms with Gasteiger partial charge in [0.25, 0.3) is 0 Å². The zero-order valence-electron chi connectivity index (χ0n) is 17.9. The lowest BCUT2D eigenvalue weighted by Gasteiger charge is -2.60. The molecule has 30 heavy (non-hydrogen) atoms. The molecule has 1 N–H and O–H groups in total. The molecule has 0 saturated heterocycles. The number of aliphatic hydroxyl groups is 1. The topological polar surface area (TPSA) is 97.7 Å². The van der Waals surface area contributed by atoms with Gasteiger partial charge < -0.3 is 9.84 Å². The summed E-state index contributed by atoms with van der Waals surface area (Å²) in [5.41, 5.74) is -2.72. The number of hydrogen-bond acceptors (Lipinski definition) is 6. The Morgan fingerprint density at radius 2 is 1.80 bits per heavy atom. The van der Waals surface area contributed by atoms with Crippen molar-refractivity contribution in [3.8, 4) is 0 Å². The van der Waals surface area contributed by atoms with Crippen molar-refractivity contribution in [2.24, 2.45) is 34.5 Å². The van der Waals surface area contributed by atoms with Crippen molar-refractivity contribution in [3.63, 3.8) is 0 Å². The molecule has 4 saturated carbocycles. The number of carbonyl (C=O) groups is 4. The Bertz CT molecular complexity index is 810. The molecule has 4 aliphatic carbocycles. The van der Waals surface area contributed by atoms with Gasteiger partial charge in [0.2, 0.25) is 5.78 Å². The van der Waals surface area contributed by atoms with Gasteiger partial charge in [0.1, 0.15) is 17.2 Å². The van der Waals surface area contributed by atoms with Crippen molar-refractivity contribution in [2.75, 3.05) is 6.61 Å². The molecule has 7 heteroatoms. The van der Waals surface area contributed by atoms with Crippen LogP contribution >= 0.6 is 15.9 Å². The van der Waals surface area contributed by atoms with Crippen LogP contribution in [0, 0.1) is 34.5 Å². The first-order valence-corrected chi connectivity index (χ1v) is 12.0. The van der Waals surface area contributed by atoms with Gasteiger partial charge in [-0.2, -0.15) is 0 Å². The lowest BCUT2D eigenvalue weighted by molar-refractivity contribution is -0.179. The Hall–Kier alpha value is -1.08. The molecule has 0 aliphatic heterocycles. The van der Waals surface area contributed by atoms with E-state index in [9.17, 15) is 24.3 Å². The molecular formula is C23H31BrO6. The number of fused-ring (bicyclic) bond motifs is 5.